The molecule has 0 aliphatic rings. The average molecular weight is 359 g/mol. The summed E-state index contributed by atoms with van der Waals surface area (Å²) in [6, 6.07) is 19.8. The highest BCUT2D eigenvalue weighted by molar-refractivity contribution is 5.81. The van der Waals surface area contributed by atoms with Gasteiger partial charge < -0.3 is 14.3 Å². The zero-order chi connectivity index (χ0) is 18.6. The quantitative estimate of drug-likeness (QED) is 0.569. The van der Waals surface area contributed by atoms with Crippen molar-refractivity contribution in [3.63, 3.8) is 0 Å². The summed E-state index contributed by atoms with van der Waals surface area (Å²) >= 11 is 0. The molecule has 0 aliphatic carbocycles. The first kappa shape index (κ1) is 17.1. The standard InChI is InChI=1S/C22H21N3O2/c1-16-7-2-3-8-17(16)13-21-24-19-10-4-5-11-20(19)25(21)15-22(26)23-14-18-9-6-12-27-18/h2-12H,13-15H2,1H3,(H,23,26). The summed E-state index contributed by atoms with van der Waals surface area (Å²) in [5.41, 5.74) is 4.30. The molecule has 0 unspecified atom stereocenters. The number of nitrogens with zero attached hydrogens (tertiary/aromatic N) is 2. The summed E-state index contributed by atoms with van der Waals surface area (Å²) in [6.45, 7) is 2.70. The largest absolute Gasteiger partial charge is 0.467 e. The number of hydrogen-bond acceptors (Lipinski definition) is 3. The van der Waals surface area contributed by atoms with Crippen LogP contribution in [-0.4, -0.2) is 15.5 Å². The fraction of sp³-hybridized carbons (Fsp3) is 0.182. The maximum absolute atomic E-state index is 12.5. The van der Waals surface area contributed by atoms with Gasteiger partial charge in [-0.15, -0.1) is 0 Å². The molecule has 5 heteroatoms. The number of para-hydroxylation sites is 2. The van der Waals surface area contributed by atoms with Crippen LogP contribution in [0.2, 0.25) is 0 Å². The molecule has 4 rings (SSSR count). The number of hydrogen-bond donors (Lipinski definition) is 1. The van der Waals surface area contributed by atoms with Crippen LogP contribution in [0, 0.1) is 6.92 Å². The van der Waals surface area contributed by atoms with E-state index in [0.717, 1.165) is 22.6 Å². The van der Waals surface area contributed by atoms with Gasteiger partial charge in [-0.3, -0.25) is 4.79 Å². The van der Waals surface area contributed by atoms with Crippen molar-refractivity contribution in [1.29, 1.82) is 0 Å². The van der Waals surface area contributed by atoms with Gasteiger partial charge in [0.2, 0.25) is 5.91 Å². The van der Waals surface area contributed by atoms with E-state index in [1.165, 1.54) is 11.1 Å². The lowest BCUT2D eigenvalue weighted by atomic mass is 10.1. The number of rotatable bonds is 6. The van der Waals surface area contributed by atoms with Gasteiger partial charge in [0, 0.05) is 6.42 Å². The van der Waals surface area contributed by atoms with Crippen LogP contribution < -0.4 is 5.32 Å². The zero-order valence-electron chi connectivity index (χ0n) is 15.2. The van der Waals surface area contributed by atoms with Crippen LogP contribution in [0.15, 0.2) is 71.3 Å². The third-order valence-electron chi connectivity index (χ3n) is 4.69. The first-order chi connectivity index (χ1) is 13.2. The van der Waals surface area contributed by atoms with Crippen molar-refractivity contribution >= 4 is 16.9 Å². The maximum Gasteiger partial charge on any atom is 0.240 e. The molecule has 0 radical (unpaired) electrons. The Bertz CT molecular complexity index is 1060. The molecule has 4 aromatic rings. The molecule has 2 aromatic heterocycles. The third kappa shape index (κ3) is 3.77. The van der Waals surface area contributed by atoms with Crippen LogP contribution in [0.25, 0.3) is 11.0 Å². The molecule has 1 N–H and O–H groups in total. The highest BCUT2D eigenvalue weighted by atomic mass is 16.3. The lowest BCUT2D eigenvalue weighted by Crippen LogP contribution is -2.27. The first-order valence-electron chi connectivity index (χ1n) is 8.98. The van der Waals surface area contributed by atoms with E-state index in [0.29, 0.717) is 13.0 Å². The number of amides is 1. The van der Waals surface area contributed by atoms with Gasteiger partial charge in [0.05, 0.1) is 23.8 Å². The fourth-order valence-corrected chi connectivity index (χ4v) is 3.21. The first-order valence-corrected chi connectivity index (χ1v) is 8.98. The predicted molar refractivity (Wildman–Crippen MR) is 104 cm³/mol. The number of imidazole rings is 1. The number of benzene rings is 2. The molecule has 0 saturated carbocycles. The second-order valence-electron chi connectivity index (χ2n) is 6.56. The van der Waals surface area contributed by atoms with Crippen molar-refractivity contribution in [2.24, 2.45) is 0 Å². The normalized spacial score (nSPS) is 11.0. The van der Waals surface area contributed by atoms with E-state index in [1.807, 2.05) is 53.1 Å². The van der Waals surface area contributed by atoms with E-state index in [2.05, 4.69) is 24.4 Å². The van der Waals surface area contributed by atoms with Gasteiger partial charge in [-0.25, -0.2) is 4.98 Å². The van der Waals surface area contributed by atoms with Crippen molar-refractivity contribution < 1.29 is 9.21 Å². The van der Waals surface area contributed by atoms with Gasteiger partial charge in [0.15, 0.2) is 0 Å². The van der Waals surface area contributed by atoms with Crippen molar-refractivity contribution in [3.05, 3.63) is 89.6 Å². The minimum absolute atomic E-state index is 0.0689. The number of fused-ring (bicyclic) bond motifs is 1. The Balaban J connectivity index is 1.60. The van der Waals surface area contributed by atoms with E-state index in [9.17, 15) is 4.79 Å². The lowest BCUT2D eigenvalue weighted by Gasteiger charge is -2.11. The van der Waals surface area contributed by atoms with E-state index >= 15 is 0 Å². The van der Waals surface area contributed by atoms with Gasteiger partial charge in [-0.1, -0.05) is 36.4 Å². The Hall–Kier alpha value is -3.34. The summed E-state index contributed by atoms with van der Waals surface area (Å²) in [6.07, 6.45) is 2.29. The summed E-state index contributed by atoms with van der Waals surface area (Å²) in [4.78, 5) is 17.3. The molecule has 2 heterocycles. The minimum Gasteiger partial charge on any atom is -0.467 e. The van der Waals surface area contributed by atoms with Crippen LogP contribution in [-0.2, 0) is 24.3 Å². The fourth-order valence-electron chi connectivity index (χ4n) is 3.21. The van der Waals surface area contributed by atoms with Crippen LogP contribution in [0.4, 0.5) is 0 Å². The molecule has 2 aromatic carbocycles. The molecule has 0 fully saturated rings. The van der Waals surface area contributed by atoms with E-state index in [1.54, 1.807) is 6.26 Å². The number of aryl methyl sites for hydroxylation is 1. The van der Waals surface area contributed by atoms with Crippen LogP contribution >= 0.6 is 0 Å². The molecule has 0 spiro atoms. The summed E-state index contributed by atoms with van der Waals surface area (Å²) in [5.74, 6) is 1.55. The topological polar surface area (TPSA) is 60.1 Å². The minimum atomic E-state index is -0.0689. The Labute approximate surface area is 157 Å². The van der Waals surface area contributed by atoms with Crippen molar-refractivity contribution in [3.8, 4) is 0 Å². The smallest absolute Gasteiger partial charge is 0.240 e. The van der Waals surface area contributed by atoms with Gasteiger partial charge in [-0.2, -0.15) is 0 Å². The van der Waals surface area contributed by atoms with E-state index in [-0.39, 0.29) is 12.5 Å². The van der Waals surface area contributed by atoms with Crippen molar-refractivity contribution in [2.45, 2.75) is 26.4 Å². The van der Waals surface area contributed by atoms with E-state index < -0.39 is 0 Å². The van der Waals surface area contributed by atoms with Gasteiger partial charge in [0.1, 0.15) is 18.1 Å². The van der Waals surface area contributed by atoms with Crippen molar-refractivity contribution in [2.75, 3.05) is 0 Å². The number of furan rings is 1. The SMILES string of the molecule is Cc1ccccc1Cc1nc2ccccc2n1CC(=O)NCc1ccco1. The van der Waals surface area contributed by atoms with Gasteiger partial charge in [0.25, 0.3) is 0 Å². The van der Waals surface area contributed by atoms with Gasteiger partial charge >= 0.3 is 0 Å². The predicted octanol–water partition coefficient (Wildman–Crippen LogP) is 3.84. The van der Waals surface area contributed by atoms with Gasteiger partial charge in [-0.05, 0) is 42.3 Å². The molecule has 0 saturated heterocycles. The second kappa shape index (κ2) is 7.50. The maximum atomic E-state index is 12.5. The molecule has 136 valence electrons. The number of carbonyl (C=O) groups excluding carboxylic acids is 1. The second-order valence-corrected chi connectivity index (χ2v) is 6.56. The van der Waals surface area contributed by atoms with Crippen LogP contribution in [0.5, 0.6) is 0 Å². The number of carbonyl (C=O) groups is 1. The summed E-state index contributed by atoms with van der Waals surface area (Å²) in [7, 11) is 0. The van der Waals surface area contributed by atoms with Crippen molar-refractivity contribution in [1.82, 2.24) is 14.9 Å². The van der Waals surface area contributed by atoms with E-state index in [4.69, 9.17) is 9.40 Å². The Kier molecular flexibility index (Phi) is 4.75. The third-order valence-corrected chi connectivity index (χ3v) is 4.69. The lowest BCUT2D eigenvalue weighted by molar-refractivity contribution is -0.121. The summed E-state index contributed by atoms with van der Waals surface area (Å²) < 4.78 is 7.27. The molecule has 0 bridgehead atoms. The Morgan fingerprint density at radius 1 is 1.07 bits per heavy atom. The number of nitrogens with one attached hydrogen (secondary N) is 1. The molecule has 0 atom stereocenters. The monoisotopic (exact) mass is 359 g/mol. The van der Waals surface area contributed by atoms with Crippen LogP contribution in [0.3, 0.4) is 0 Å². The molecule has 0 aliphatic heterocycles. The molecule has 27 heavy (non-hydrogen) atoms. The highest BCUT2D eigenvalue weighted by Crippen LogP contribution is 2.20. The highest BCUT2D eigenvalue weighted by Gasteiger charge is 2.15. The zero-order valence-corrected chi connectivity index (χ0v) is 15.2. The van der Waals surface area contributed by atoms with Crippen LogP contribution in [0.1, 0.15) is 22.7 Å². The molecule has 5 nitrogen and oxygen atoms in total. The molecule has 1 amide bonds. The summed E-state index contributed by atoms with van der Waals surface area (Å²) in [5, 5.41) is 2.91. The molecular weight excluding hydrogens is 338 g/mol. The Morgan fingerprint density at radius 3 is 2.70 bits per heavy atom. The average Bonchev–Trinajstić information content (AvgIpc) is 3.31. The Morgan fingerprint density at radius 2 is 1.89 bits per heavy atom. The molecular formula is C22H21N3O2. The number of aromatic nitrogens is 2.